The largest absolute Gasteiger partial charge is 0.385 e. The first kappa shape index (κ1) is 13.9. The fourth-order valence-corrected chi connectivity index (χ4v) is 3.36. The van der Waals surface area contributed by atoms with Crippen LogP contribution in [0.15, 0.2) is 0 Å². The number of rotatable bonds is 7. The summed E-state index contributed by atoms with van der Waals surface area (Å²) < 4.78 is 30.8. The van der Waals surface area contributed by atoms with E-state index < -0.39 is 10.0 Å². The lowest BCUT2D eigenvalue weighted by Crippen LogP contribution is -2.38. The van der Waals surface area contributed by atoms with Crippen LogP contribution in [0.2, 0.25) is 0 Å². The Morgan fingerprint density at radius 3 is 2.94 bits per heavy atom. The quantitative estimate of drug-likeness (QED) is 0.621. The maximum Gasteiger partial charge on any atom is 0.211 e. The molecule has 0 bridgehead atoms. The summed E-state index contributed by atoms with van der Waals surface area (Å²) in [6, 6.07) is 0. The number of methoxy groups -OCH3 is 1. The molecule has 1 fully saturated rings. The van der Waals surface area contributed by atoms with E-state index in [1.54, 1.807) is 7.11 Å². The van der Waals surface area contributed by atoms with Crippen molar-refractivity contribution in [1.82, 2.24) is 10.0 Å². The summed E-state index contributed by atoms with van der Waals surface area (Å²) in [5, 5.41) is 3.22. The highest BCUT2D eigenvalue weighted by Crippen LogP contribution is 2.11. The third kappa shape index (κ3) is 5.79. The van der Waals surface area contributed by atoms with E-state index in [1.807, 2.05) is 0 Å². The summed E-state index contributed by atoms with van der Waals surface area (Å²) in [6.07, 6.45) is 2.80. The molecule has 16 heavy (non-hydrogen) atoms. The van der Waals surface area contributed by atoms with Crippen LogP contribution < -0.4 is 10.0 Å². The molecule has 1 saturated heterocycles. The fraction of sp³-hybridized carbons (Fsp3) is 1.00. The van der Waals surface area contributed by atoms with Gasteiger partial charge in [0.1, 0.15) is 0 Å². The van der Waals surface area contributed by atoms with Crippen LogP contribution in [-0.2, 0) is 14.8 Å². The average molecular weight is 250 g/mol. The Balaban J connectivity index is 2.22. The molecule has 1 atom stereocenters. The predicted octanol–water partition coefficient (Wildman–Crippen LogP) is -0.0581. The van der Waals surface area contributed by atoms with E-state index in [0.717, 1.165) is 32.4 Å². The van der Waals surface area contributed by atoms with Crippen molar-refractivity contribution >= 4 is 10.0 Å². The number of hydrogen-bond donors (Lipinski definition) is 2. The average Bonchev–Trinajstić information content (AvgIpc) is 2.25. The van der Waals surface area contributed by atoms with Gasteiger partial charge in [-0.1, -0.05) is 0 Å². The van der Waals surface area contributed by atoms with Gasteiger partial charge in [-0.05, 0) is 38.3 Å². The van der Waals surface area contributed by atoms with Crippen molar-refractivity contribution in [3.05, 3.63) is 0 Å². The van der Waals surface area contributed by atoms with Gasteiger partial charge in [-0.3, -0.25) is 0 Å². The summed E-state index contributed by atoms with van der Waals surface area (Å²) in [5.74, 6) is 0.501. The molecule has 0 aliphatic carbocycles. The molecular weight excluding hydrogens is 228 g/mol. The summed E-state index contributed by atoms with van der Waals surface area (Å²) in [5.41, 5.74) is 0. The van der Waals surface area contributed by atoms with Crippen molar-refractivity contribution in [2.24, 2.45) is 5.92 Å². The molecule has 1 unspecified atom stereocenters. The van der Waals surface area contributed by atoms with Crippen LogP contribution in [0.1, 0.15) is 19.3 Å². The Labute approximate surface area is 98.0 Å². The van der Waals surface area contributed by atoms with Crippen LogP contribution in [0, 0.1) is 5.92 Å². The topological polar surface area (TPSA) is 67.4 Å². The second kappa shape index (κ2) is 7.21. The van der Waals surface area contributed by atoms with Crippen LogP contribution in [0.3, 0.4) is 0 Å². The summed E-state index contributed by atoms with van der Waals surface area (Å²) in [4.78, 5) is 0. The van der Waals surface area contributed by atoms with Gasteiger partial charge >= 0.3 is 0 Å². The van der Waals surface area contributed by atoms with Crippen LogP contribution in [0.4, 0.5) is 0 Å². The van der Waals surface area contributed by atoms with Crippen molar-refractivity contribution in [2.75, 3.05) is 39.1 Å². The van der Waals surface area contributed by atoms with E-state index in [-0.39, 0.29) is 11.7 Å². The standard InChI is InChI=1S/C10H22N2O3S/c1-15-7-3-6-12-16(13,14)9-10-4-2-5-11-8-10/h10-12H,2-9H2,1H3. The van der Waals surface area contributed by atoms with E-state index in [9.17, 15) is 8.42 Å². The summed E-state index contributed by atoms with van der Waals surface area (Å²) >= 11 is 0. The van der Waals surface area contributed by atoms with E-state index in [0.29, 0.717) is 13.2 Å². The lowest BCUT2D eigenvalue weighted by atomic mass is 10.0. The molecule has 1 heterocycles. The van der Waals surface area contributed by atoms with Gasteiger partial charge in [0.2, 0.25) is 10.0 Å². The third-order valence-corrected chi connectivity index (χ3v) is 4.26. The molecule has 0 amide bonds. The number of ether oxygens (including phenoxy) is 1. The molecular formula is C10H22N2O3S. The molecule has 2 N–H and O–H groups in total. The first-order valence-electron chi connectivity index (χ1n) is 5.81. The van der Waals surface area contributed by atoms with Gasteiger partial charge in [-0.2, -0.15) is 0 Å². The molecule has 0 saturated carbocycles. The fourth-order valence-electron chi connectivity index (χ4n) is 1.88. The van der Waals surface area contributed by atoms with Gasteiger partial charge in [-0.25, -0.2) is 13.1 Å². The monoisotopic (exact) mass is 250 g/mol. The van der Waals surface area contributed by atoms with Crippen LogP contribution in [0.25, 0.3) is 0 Å². The molecule has 6 heteroatoms. The predicted molar refractivity (Wildman–Crippen MR) is 63.9 cm³/mol. The third-order valence-electron chi connectivity index (χ3n) is 2.70. The van der Waals surface area contributed by atoms with Crippen molar-refractivity contribution in [2.45, 2.75) is 19.3 Å². The van der Waals surface area contributed by atoms with E-state index in [1.165, 1.54) is 0 Å². The molecule has 0 aromatic heterocycles. The number of sulfonamides is 1. The van der Waals surface area contributed by atoms with Gasteiger partial charge < -0.3 is 10.1 Å². The zero-order valence-electron chi connectivity index (χ0n) is 9.87. The van der Waals surface area contributed by atoms with Crippen molar-refractivity contribution in [1.29, 1.82) is 0 Å². The number of piperidine rings is 1. The first-order valence-corrected chi connectivity index (χ1v) is 7.46. The second-order valence-corrected chi connectivity index (χ2v) is 6.09. The van der Waals surface area contributed by atoms with Gasteiger partial charge in [-0.15, -0.1) is 0 Å². The highest BCUT2D eigenvalue weighted by atomic mass is 32.2. The molecule has 0 aromatic carbocycles. The summed E-state index contributed by atoms with van der Waals surface area (Å²) in [7, 11) is -1.49. The molecule has 0 radical (unpaired) electrons. The van der Waals surface area contributed by atoms with Crippen molar-refractivity contribution < 1.29 is 13.2 Å². The zero-order chi connectivity index (χ0) is 11.9. The summed E-state index contributed by atoms with van der Waals surface area (Å²) in [6.45, 7) is 2.89. The minimum absolute atomic E-state index is 0.243. The Morgan fingerprint density at radius 2 is 2.31 bits per heavy atom. The Hall–Kier alpha value is -0.170. The van der Waals surface area contributed by atoms with Gasteiger partial charge in [0.05, 0.1) is 5.75 Å². The van der Waals surface area contributed by atoms with Gasteiger partial charge in [0.25, 0.3) is 0 Å². The normalized spacial score (nSPS) is 22.2. The van der Waals surface area contributed by atoms with Crippen LogP contribution in [0.5, 0.6) is 0 Å². The second-order valence-electron chi connectivity index (χ2n) is 4.23. The highest BCUT2D eigenvalue weighted by Gasteiger charge is 2.20. The van der Waals surface area contributed by atoms with Crippen molar-refractivity contribution in [3.8, 4) is 0 Å². The SMILES string of the molecule is COCCCNS(=O)(=O)CC1CCCNC1. The van der Waals surface area contributed by atoms with Crippen LogP contribution >= 0.6 is 0 Å². The lowest BCUT2D eigenvalue weighted by molar-refractivity contribution is 0.196. The van der Waals surface area contributed by atoms with Crippen LogP contribution in [-0.4, -0.2) is 47.5 Å². The van der Waals surface area contributed by atoms with Gasteiger partial charge in [0.15, 0.2) is 0 Å². The lowest BCUT2D eigenvalue weighted by Gasteiger charge is -2.22. The molecule has 0 aromatic rings. The van der Waals surface area contributed by atoms with Gasteiger partial charge in [0, 0.05) is 20.3 Å². The van der Waals surface area contributed by atoms with E-state index in [4.69, 9.17) is 4.74 Å². The maximum atomic E-state index is 11.7. The van der Waals surface area contributed by atoms with E-state index in [2.05, 4.69) is 10.0 Å². The molecule has 1 rings (SSSR count). The Bertz CT molecular complexity index is 274. The number of hydrogen-bond acceptors (Lipinski definition) is 4. The minimum Gasteiger partial charge on any atom is -0.385 e. The molecule has 1 aliphatic rings. The van der Waals surface area contributed by atoms with E-state index >= 15 is 0 Å². The smallest absolute Gasteiger partial charge is 0.211 e. The minimum atomic E-state index is -3.11. The molecule has 5 nitrogen and oxygen atoms in total. The first-order chi connectivity index (χ1) is 7.64. The number of nitrogens with one attached hydrogen (secondary N) is 2. The molecule has 96 valence electrons. The molecule has 0 spiro atoms. The Kier molecular flexibility index (Phi) is 6.26. The Morgan fingerprint density at radius 1 is 1.50 bits per heavy atom. The van der Waals surface area contributed by atoms with Crippen molar-refractivity contribution in [3.63, 3.8) is 0 Å². The highest BCUT2D eigenvalue weighted by molar-refractivity contribution is 7.89. The zero-order valence-corrected chi connectivity index (χ0v) is 10.7. The molecule has 1 aliphatic heterocycles. The maximum absolute atomic E-state index is 11.7.